The van der Waals surface area contributed by atoms with Crippen LogP contribution in [0, 0.1) is 5.92 Å². The smallest absolute Gasteiger partial charge is 0.389 e. The standard InChI is InChI=1S/C14H24F3NO3/c15-14(16,17)13(21)6-3-10(7-13)8-18-9-11(19)12(20)4-1-2-5-12/h10-11,18-21H,1-9H2. The van der Waals surface area contributed by atoms with Crippen LogP contribution in [0.4, 0.5) is 13.2 Å². The molecular formula is C14H24F3NO3. The predicted molar refractivity (Wildman–Crippen MR) is 70.6 cm³/mol. The number of hydrogen-bond acceptors (Lipinski definition) is 4. The highest BCUT2D eigenvalue weighted by atomic mass is 19.4. The molecule has 2 fully saturated rings. The minimum atomic E-state index is -4.58. The lowest BCUT2D eigenvalue weighted by Gasteiger charge is -2.29. The van der Waals surface area contributed by atoms with Gasteiger partial charge in [-0.2, -0.15) is 13.2 Å². The van der Waals surface area contributed by atoms with E-state index in [1.54, 1.807) is 0 Å². The van der Waals surface area contributed by atoms with Crippen molar-refractivity contribution in [3.05, 3.63) is 0 Å². The first-order valence-corrected chi connectivity index (χ1v) is 7.57. The van der Waals surface area contributed by atoms with Crippen LogP contribution in [0.25, 0.3) is 0 Å². The molecule has 21 heavy (non-hydrogen) atoms. The normalized spacial score (nSPS) is 34.3. The molecule has 0 aromatic carbocycles. The van der Waals surface area contributed by atoms with Gasteiger partial charge in [-0.1, -0.05) is 12.8 Å². The van der Waals surface area contributed by atoms with E-state index in [0.717, 1.165) is 12.8 Å². The molecule has 2 rings (SSSR count). The largest absolute Gasteiger partial charge is 0.417 e. The summed E-state index contributed by atoms with van der Waals surface area (Å²) in [6.07, 6.45) is -2.85. The van der Waals surface area contributed by atoms with Crippen LogP contribution < -0.4 is 5.32 Å². The minimum absolute atomic E-state index is 0.164. The van der Waals surface area contributed by atoms with E-state index >= 15 is 0 Å². The molecule has 0 bridgehead atoms. The molecule has 2 saturated carbocycles. The van der Waals surface area contributed by atoms with Crippen LogP contribution in [0.15, 0.2) is 0 Å². The van der Waals surface area contributed by atoms with Crippen LogP contribution in [0.1, 0.15) is 44.9 Å². The first kappa shape index (κ1) is 17.0. The van der Waals surface area contributed by atoms with Crippen LogP contribution in [-0.2, 0) is 0 Å². The molecule has 124 valence electrons. The van der Waals surface area contributed by atoms with Crippen molar-refractivity contribution in [1.82, 2.24) is 5.32 Å². The van der Waals surface area contributed by atoms with E-state index in [0.29, 0.717) is 25.8 Å². The zero-order chi connectivity index (χ0) is 15.7. The highest BCUT2D eigenvalue weighted by molar-refractivity contribution is 4.96. The lowest BCUT2D eigenvalue weighted by atomic mass is 9.94. The maximum atomic E-state index is 12.7. The second kappa shape index (κ2) is 6.02. The van der Waals surface area contributed by atoms with Gasteiger partial charge in [0, 0.05) is 6.54 Å². The van der Waals surface area contributed by atoms with Gasteiger partial charge in [0.2, 0.25) is 0 Å². The van der Waals surface area contributed by atoms with Crippen molar-refractivity contribution in [3.63, 3.8) is 0 Å². The van der Waals surface area contributed by atoms with Crippen molar-refractivity contribution in [1.29, 1.82) is 0 Å². The molecule has 3 unspecified atom stereocenters. The summed E-state index contributed by atoms with van der Waals surface area (Å²) in [5.74, 6) is -0.262. The Morgan fingerprint density at radius 2 is 1.76 bits per heavy atom. The molecule has 0 spiro atoms. The Morgan fingerprint density at radius 1 is 1.14 bits per heavy atom. The van der Waals surface area contributed by atoms with Crippen molar-refractivity contribution in [2.75, 3.05) is 13.1 Å². The summed E-state index contributed by atoms with van der Waals surface area (Å²) in [6, 6.07) is 0. The quantitative estimate of drug-likeness (QED) is 0.618. The molecule has 2 aliphatic carbocycles. The summed E-state index contributed by atoms with van der Waals surface area (Å²) in [5.41, 5.74) is -3.63. The molecule has 0 radical (unpaired) electrons. The summed E-state index contributed by atoms with van der Waals surface area (Å²) in [7, 11) is 0. The molecule has 0 aliphatic heterocycles. The third-order valence-corrected chi connectivity index (χ3v) is 4.98. The Hall–Kier alpha value is -0.370. The topological polar surface area (TPSA) is 72.7 Å². The lowest BCUT2D eigenvalue weighted by molar-refractivity contribution is -0.258. The van der Waals surface area contributed by atoms with Gasteiger partial charge in [-0.15, -0.1) is 0 Å². The second-order valence-electron chi connectivity index (χ2n) is 6.62. The van der Waals surface area contributed by atoms with Crippen LogP contribution in [0.2, 0.25) is 0 Å². The molecule has 2 aliphatic rings. The molecular weight excluding hydrogens is 287 g/mol. The van der Waals surface area contributed by atoms with E-state index in [4.69, 9.17) is 0 Å². The summed E-state index contributed by atoms with van der Waals surface area (Å²) in [6.45, 7) is 0.475. The average molecular weight is 311 g/mol. The van der Waals surface area contributed by atoms with Crippen molar-refractivity contribution < 1.29 is 28.5 Å². The first-order chi connectivity index (χ1) is 9.66. The number of aliphatic hydroxyl groups is 3. The van der Waals surface area contributed by atoms with Gasteiger partial charge in [-0.25, -0.2) is 0 Å². The molecule has 0 aromatic heterocycles. The van der Waals surface area contributed by atoms with Gasteiger partial charge in [0.25, 0.3) is 0 Å². The van der Waals surface area contributed by atoms with E-state index in [2.05, 4.69) is 5.32 Å². The Morgan fingerprint density at radius 3 is 2.29 bits per heavy atom. The van der Waals surface area contributed by atoms with Gasteiger partial charge in [-0.05, 0) is 44.6 Å². The number of aliphatic hydroxyl groups excluding tert-OH is 1. The predicted octanol–water partition coefficient (Wildman–Crippen LogP) is 1.34. The molecule has 0 aromatic rings. The molecule has 4 N–H and O–H groups in total. The first-order valence-electron chi connectivity index (χ1n) is 7.57. The third-order valence-electron chi connectivity index (χ3n) is 4.98. The van der Waals surface area contributed by atoms with Crippen molar-refractivity contribution in [2.45, 2.75) is 68.4 Å². The maximum Gasteiger partial charge on any atom is 0.417 e. The van der Waals surface area contributed by atoms with Crippen molar-refractivity contribution in [3.8, 4) is 0 Å². The van der Waals surface area contributed by atoms with Gasteiger partial charge in [-0.3, -0.25) is 0 Å². The number of hydrogen-bond donors (Lipinski definition) is 4. The third kappa shape index (κ3) is 3.70. The van der Waals surface area contributed by atoms with Gasteiger partial charge in [0.05, 0.1) is 11.7 Å². The number of alkyl halides is 3. The lowest BCUT2D eigenvalue weighted by Crippen LogP contribution is -2.46. The van der Waals surface area contributed by atoms with E-state index in [-0.39, 0.29) is 25.3 Å². The number of halogens is 3. The molecule has 4 nitrogen and oxygen atoms in total. The highest BCUT2D eigenvalue weighted by Crippen LogP contribution is 2.45. The second-order valence-corrected chi connectivity index (χ2v) is 6.62. The van der Waals surface area contributed by atoms with Gasteiger partial charge in [0.1, 0.15) is 0 Å². The highest BCUT2D eigenvalue weighted by Gasteiger charge is 2.56. The Labute approximate surface area is 122 Å². The number of rotatable bonds is 5. The Bertz CT molecular complexity index is 358. The zero-order valence-electron chi connectivity index (χ0n) is 12.0. The summed E-state index contributed by atoms with van der Waals surface area (Å²) in [5, 5.41) is 32.6. The van der Waals surface area contributed by atoms with E-state index < -0.39 is 23.5 Å². The summed E-state index contributed by atoms with van der Waals surface area (Å²) in [4.78, 5) is 0. The van der Waals surface area contributed by atoms with Gasteiger partial charge < -0.3 is 20.6 Å². The average Bonchev–Trinajstić information content (AvgIpc) is 2.97. The van der Waals surface area contributed by atoms with E-state index in [9.17, 15) is 28.5 Å². The maximum absolute atomic E-state index is 12.7. The Kier molecular flexibility index (Phi) is 4.87. The van der Waals surface area contributed by atoms with Crippen molar-refractivity contribution >= 4 is 0 Å². The number of nitrogens with one attached hydrogen (secondary N) is 1. The summed E-state index contributed by atoms with van der Waals surface area (Å²) >= 11 is 0. The van der Waals surface area contributed by atoms with E-state index in [1.807, 2.05) is 0 Å². The van der Waals surface area contributed by atoms with Gasteiger partial charge >= 0.3 is 6.18 Å². The Balaban J connectivity index is 1.73. The molecule has 3 atom stereocenters. The molecule has 0 amide bonds. The fourth-order valence-corrected chi connectivity index (χ4v) is 3.49. The minimum Gasteiger partial charge on any atom is -0.389 e. The van der Waals surface area contributed by atoms with E-state index in [1.165, 1.54) is 0 Å². The van der Waals surface area contributed by atoms with Crippen molar-refractivity contribution in [2.24, 2.45) is 5.92 Å². The fourth-order valence-electron chi connectivity index (χ4n) is 3.49. The molecule has 7 heteroatoms. The van der Waals surface area contributed by atoms with Gasteiger partial charge in [0.15, 0.2) is 5.60 Å². The summed E-state index contributed by atoms with van der Waals surface area (Å²) < 4.78 is 38.0. The SMILES string of the molecule is OC(CNCC1CCC(O)(C(F)(F)F)C1)C1(O)CCCC1. The van der Waals surface area contributed by atoms with Crippen LogP contribution in [-0.4, -0.2) is 51.9 Å². The van der Waals surface area contributed by atoms with Crippen LogP contribution >= 0.6 is 0 Å². The fraction of sp³-hybridized carbons (Fsp3) is 1.00. The molecule has 0 heterocycles. The zero-order valence-corrected chi connectivity index (χ0v) is 12.0. The molecule has 0 saturated heterocycles. The van der Waals surface area contributed by atoms with Crippen LogP contribution in [0.5, 0.6) is 0 Å². The van der Waals surface area contributed by atoms with Crippen LogP contribution in [0.3, 0.4) is 0 Å². The monoisotopic (exact) mass is 311 g/mol.